The molecule has 4 rings (SSSR count). The Balaban J connectivity index is 2.18. The van der Waals surface area contributed by atoms with Gasteiger partial charge in [-0.05, 0) is 77.9 Å². The summed E-state index contributed by atoms with van der Waals surface area (Å²) >= 11 is 0. The summed E-state index contributed by atoms with van der Waals surface area (Å²) in [6.45, 7) is 18.1. The van der Waals surface area contributed by atoms with Crippen LogP contribution in [0, 0.1) is 45.8 Å². The van der Waals surface area contributed by atoms with Gasteiger partial charge in [0.15, 0.2) is 0 Å². The minimum Gasteiger partial charge on any atom is -0.0651 e. The van der Waals surface area contributed by atoms with Crippen LogP contribution in [-0.4, -0.2) is 0 Å². The molecule has 0 heterocycles. The van der Waals surface area contributed by atoms with Crippen LogP contribution in [-0.2, 0) is 0 Å². The first-order valence-electron chi connectivity index (χ1n) is 10.3. The van der Waals surface area contributed by atoms with Crippen molar-refractivity contribution in [1.29, 1.82) is 0 Å². The molecular weight excluding hydrogens is 264 g/mol. The van der Waals surface area contributed by atoms with E-state index in [-0.39, 0.29) is 0 Å². The third-order valence-electron chi connectivity index (χ3n) is 9.78. The summed E-state index contributed by atoms with van der Waals surface area (Å²) in [6.07, 6.45) is 10.3. The Morgan fingerprint density at radius 2 is 1.73 bits per heavy atom. The zero-order valence-corrected chi connectivity index (χ0v) is 16.3. The van der Waals surface area contributed by atoms with E-state index in [0.29, 0.717) is 16.2 Å². The van der Waals surface area contributed by atoms with Crippen molar-refractivity contribution in [1.82, 2.24) is 0 Å². The molecule has 0 aromatic heterocycles. The number of hydrogen-bond acceptors (Lipinski definition) is 0. The molecule has 22 heavy (non-hydrogen) atoms. The highest BCUT2D eigenvalue weighted by Crippen LogP contribution is 2.77. The van der Waals surface area contributed by atoms with Crippen molar-refractivity contribution in [2.24, 2.45) is 45.8 Å². The minimum atomic E-state index is 0.510. The summed E-state index contributed by atoms with van der Waals surface area (Å²) < 4.78 is 0. The van der Waals surface area contributed by atoms with Gasteiger partial charge in [0.1, 0.15) is 0 Å². The van der Waals surface area contributed by atoms with Crippen molar-refractivity contribution in [2.45, 2.75) is 93.4 Å². The number of rotatable bonds is 3. The van der Waals surface area contributed by atoms with Crippen molar-refractivity contribution in [2.75, 3.05) is 0 Å². The molecule has 1 spiro atoms. The molecule has 0 aliphatic heterocycles. The van der Waals surface area contributed by atoms with Crippen LogP contribution in [0.1, 0.15) is 93.4 Å². The van der Waals surface area contributed by atoms with Gasteiger partial charge in [0.05, 0.1) is 0 Å². The Labute approximate surface area is 139 Å². The molecule has 128 valence electrons. The van der Waals surface area contributed by atoms with Crippen LogP contribution in [0.15, 0.2) is 0 Å². The maximum absolute atomic E-state index is 2.73. The van der Waals surface area contributed by atoms with E-state index in [4.69, 9.17) is 0 Å². The summed E-state index contributed by atoms with van der Waals surface area (Å²) in [5.41, 5.74) is 1.73. The van der Waals surface area contributed by atoms with Gasteiger partial charge >= 0.3 is 0 Å². The molecule has 4 fully saturated rings. The first-order valence-corrected chi connectivity index (χ1v) is 10.3. The second-order valence-corrected chi connectivity index (χ2v) is 10.1. The molecule has 0 saturated heterocycles. The van der Waals surface area contributed by atoms with Crippen LogP contribution < -0.4 is 0 Å². The lowest BCUT2D eigenvalue weighted by atomic mass is 9.44. The summed E-state index contributed by atoms with van der Waals surface area (Å²) in [5.74, 6) is 4.78. The smallest absolute Gasteiger partial charge is 0.0177 e. The minimum absolute atomic E-state index is 0.510. The lowest BCUT2D eigenvalue weighted by molar-refractivity contribution is -0.129. The van der Waals surface area contributed by atoms with Crippen LogP contribution in [0.3, 0.4) is 0 Å². The predicted octanol–water partition coefficient (Wildman–Crippen LogP) is 6.94. The summed E-state index contributed by atoms with van der Waals surface area (Å²) in [7, 11) is 0. The molecule has 4 aliphatic rings. The van der Waals surface area contributed by atoms with Crippen LogP contribution in [0.4, 0.5) is 0 Å². The standard InChI is InChI=1S/C22H40/c1-8-18-11-10-17-12-13-22(18)19(20(5,6)9-2)14-15(3)21(22,7)16(17)4/h15-19H,8-14H2,1-7H3/t15?,16?,17?,18?,19-,21?,22?/m1/s1. The fourth-order valence-corrected chi connectivity index (χ4v) is 7.95. The van der Waals surface area contributed by atoms with E-state index in [0.717, 1.165) is 29.6 Å². The Bertz CT molecular complexity index is 422. The van der Waals surface area contributed by atoms with E-state index in [1.165, 1.54) is 44.9 Å². The number of fused-ring (bicyclic) bond motifs is 3. The van der Waals surface area contributed by atoms with Gasteiger partial charge < -0.3 is 0 Å². The van der Waals surface area contributed by atoms with Crippen molar-refractivity contribution >= 4 is 0 Å². The fourth-order valence-electron chi connectivity index (χ4n) is 7.95. The molecule has 7 atom stereocenters. The largest absolute Gasteiger partial charge is 0.0651 e. The Kier molecular flexibility index (Phi) is 4.02. The maximum atomic E-state index is 2.73. The highest BCUT2D eigenvalue weighted by atomic mass is 14.7. The average Bonchev–Trinajstić information content (AvgIpc) is 2.63. The zero-order chi connectivity index (χ0) is 16.3. The Morgan fingerprint density at radius 1 is 1.05 bits per heavy atom. The van der Waals surface area contributed by atoms with Gasteiger partial charge in [-0.2, -0.15) is 0 Å². The first-order chi connectivity index (χ1) is 10.3. The molecule has 0 aromatic carbocycles. The fraction of sp³-hybridized carbons (Fsp3) is 1.00. The van der Waals surface area contributed by atoms with Crippen LogP contribution >= 0.6 is 0 Å². The van der Waals surface area contributed by atoms with Gasteiger partial charge in [0.25, 0.3) is 0 Å². The van der Waals surface area contributed by atoms with E-state index in [9.17, 15) is 0 Å². The molecule has 0 nitrogen and oxygen atoms in total. The molecule has 0 radical (unpaired) electrons. The maximum Gasteiger partial charge on any atom is -0.0177 e. The van der Waals surface area contributed by atoms with Gasteiger partial charge in [0, 0.05) is 0 Å². The van der Waals surface area contributed by atoms with E-state index >= 15 is 0 Å². The van der Waals surface area contributed by atoms with Gasteiger partial charge in [-0.3, -0.25) is 0 Å². The number of hydrogen-bond donors (Lipinski definition) is 0. The molecule has 4 saturated carbocycles. The normalized spacial score (nSPS) is 51.7. The summed E-state index contributed by atoms with van der Waals surface area (Å²) in [5, 5.41) is 0. The third kappa shape index (κ3) is 1.82. The van der Waals surface area contributed by atoms with Crippen molar-refractivity contribution in [3.05, 3.63) is 0 Å². The average molecular weight is 305 g/mol. The van der Waals surface area contributed by atoms with Gasteiger partial charge in [-0.25, -0.2) is 0 Å². The van der Waals surface area contributed by atoms with Crippen molar-refractivity contribution in [3.63, 3.8) is 0 Å². The molecule has 2 bridgehead atoms. The summed E-state index contributed by atoms with van der Waals surface area (Å²) in [6, 6.07) is 0. The predicted molar refractivity (Wildman–Crippen MR) is 96.8 cm³/mol. The molecule has 4 aliphatic carbocycles. The molecule has 0 heteroatoms. The highest BCUT2D eigenvalue weighted by Gasteiger charge is 2.70. The van der Waals surface area contributed by atoms with E-state index < -0.39 is 0 Å². The molecule has 6 unspecified atom stereocenters. The Hall–Kier alpha value is 0. The molecule has 0 N–H and O–H groups in total. The van der Waals surface area contributed by atoms with Crippen LogP contribution in [0.25, 0.3) is 0 Å². The highest BCUT2D eigenvalue weighted by molar-refractivity contribution is 5.18. The monoisotopic (exact) mass is 304 g/mol. The quantitative estimate of drug-likeness (QED) is 0.530. The van der Waals surface area contributed by atoms with Crippen LogP contribution in [0.5, 0.6) is 0 Å². The van der Waals surface area contributed by atoms with Crippen LogP contribution in [0.2, 0.25) is 0 Å². The molecule has 0 amide bonds. The Morgan fingerprint density at radius 3 is 2.32 bits per heavy atom. The molecular formula is C22H40. The van der Waals surface area contributed by atoms with Gasteiger partial charge in [-0.15, -0.1) is 0 Å². The third-order valence-corrected chi connectivity index (χ3v) is 9.78. The van der Waals surface area contributed by atoms with Crippen molar-refractivity contribution in [3.8, 4) is 0 Å². The zero-order valence-electron chi connectivity index (χ0n) is 16.3. The second-order valence-electron chi connectivity index (χ2n) is 10.1. The van der Waals surface area contributed by atoms with Gasteiger partial charge in [-0.1, -0.05) is 61.3 Å². The van der Waals surface area contributed by atoms with E-state index in [1.54, 1.807) is 0 Å². The second kappa shape index (κ2) is 5.25. The van der Waals surface area contributed by atoms with Gasteiger partial charge in [0.2, 0.25) is 0 Å². The summed E-state index contributed by atoms with van der Waals surface area (Å²) in [4.78, 5) is 0. The van der Waals surface area contributed by atoms with Crippen molar-refractivity contribution < 1.29 is 0 Å². The SMILES string of the molecule is CCC1CCC2CCC13[C@@H](C(C)(C)CC)CC(C)C3(C)C2C. The lowest BCUT2D eigenvalue weighted by Gasteiger charge is -2.61. The molecule has 0 aromatic rings. The van der Waals surface area contributed by atoms with E-state index in [2.05, 4.69) is 48.5 Å². The van der Waals surface area contributed by atoms with E-state index in [1.807, 2.05) is 0 Å². The lowest BCUT2D eigenvalue weighted by Crippen LogP contribution is -2.55. The topological polar surface area (TPSA) is 0 Å². The first kappa shape index (κ1) is 16.8.